The van der Waals surface area contributed by atoms with Crippen molar-refractivity contribution in [2.24, 2.45) is 5.92 Å². The lowest BCUT2D eigenvalue weighted by atomic mass is 10.0. The van der Waals surface area contributed by atoms with E-state index in [1.807, 2.05) is 20.0 Å². The Hall–Kier alpha value is -1.58. The molecule has 0 saturated heterocycles. The van der Waals surface area contributed by atoms with Gasteiger partial charge >= 0.3 is 0 Å². The van der Waals surface area contributed by atoms with Crippen molar-refractivity contribution >= 4 is 11.6 Å². The summed E-state index contributed by atoms with van der Waals surface area (Å²) >= 11 is 0. The molecule has 2 N–H and O–H groups in total. The highest BCUT2D eigenvalue weighted by atomic mass is 16.1. The van der Waals surface area contributed by atoms with Crippen molar-refractivity contribution in [1.82, 2.24) is 10.3 Å². The van der Waals surface area contributed by atoms with Gasteiger partial charge in [0.05, 0.1) is 11.3 Å². The number of hydrogen-bond donors (Lipinski definition) is 2. The minimum absolute atomic E-state index is 0.0566. The zero-order valence-electron chi connectivity index (χ0n) is 13.3. The Labute approximate surface area is 122 Å². The molecule has 20 heavy (non-hydrogen) atoms. The molecule has 112 valence electrons. The molecular formula is C16H27N3O. The number of amides is 1. The number of hydrogen-bond acceptors (Lipinski definition) is 3. The van der Waals surface area contributed by atoms with Crippen LogP contribution in [0.2, 0.25) is 0 Å². The number of carbonyl (C=O) groups excluding carboxylic acids is 1. The van der Waals surface area contributed by atoms with Crippen LogP contribution in [0.1, 0.15) is 56.1 Å². The smallest absolute Gasteiger partial charge is 0.255 e. The lowest BCUT2D eigenvalue weighted by Crippen LogP contribution is -2.33. The molecule has 0 bridgehead atoms. The number of carbonyl (C=O) groups is 1. The van der Waals surface area contributed by atoms with Gasteiger partial charge in [0.25, 0.3) is 5.91 Å². The summed E-state index contributed by atoms with van der Waals surface area (Å²) in [5.74, 6) is 0.661. The quantitative estimate of drug-likeness (QED) is 0.803. The van der Waals surface area contributed by atoms with E-state index in [2.05, 4.69) is 36.4 Å². The normalized spacial score (nSPS) is 12.3. The van der Waals surface area contributed by atoms with Crippen LogP contribution in [0.5, 0.6) is 0 Å². The summed E-state index contributed by atoms with van der Waals surface area (Å²) in [5, 5.41) is 6.09. The Bertz CT molecular complexity index is 443. The highest BCUT2D eigenvalue weighted by Crippen LogP contribution is 2.15. The van der Waals surface area contributed by atoms with E-state index < -0.39 is 0 Å². The summed E-state index contributed by atoms with van der Waals surface area (Å²) in [6.07, 6.45) is 4.99. The Balaban J connectivity index is 2.58. The molecular weight excluding hydrogens is 250 g/mol. The maximum Gasteiger partial charge on any atom is 0.255 e. The molecule has 0 aliphatic carbocycles. The summed E-state index contributed by atoms with van der Waals surface area (Å²) in [7, 11) is 1.82. The van der Waals surface area contributed by atoms with Crippen molar-refractivity contribution in [2.45, 2.75) is 53.0 Å². The SMILES string of the molecule is CNc1cc(C)ncc1C(=O)NC(C)CCCC(C)C. The summed E-state index contributed by atoms with van der Waals surface area (Å²) in [6.45, 7) is 8.41. The van der Waals surface area contributed by atoms with Gasteiger partial charge in [-0.05, 0) is 32.3 Å². The highest BCUT2D eigenvalue weighted by molar-refractivity contribution is 5.99. The third-order valence-corrected chi connectivity index (χ3v) is 3.35. The van der Waals surface area contributed by atoms with Crippen molar-refractivity contribution in [3.8, 4) is 0 Å². The first-order valence-corrected chi connectivity index (χ1v) is 7.39. The van der Waals surface area contributed by atoms with Gasteiger partial charge in [0.2, 0.25) is 0 Å². The molecule has 4 nitrogen and oxygen atoms in total. The van der Waals surface area contributed by atoms with Crippen LogP contribution >= 0.6 is 0 Å². The highest BCUT2D eigenvalue weighted by Gasteiger charge is 2.14. The summed E-state index contributed by atoms with van der Waals surface area (Å²) in [5.41, 5.74) is 2.33. The predicted octanol–water partition coefficient (Wildman–Crippen LogP) is 3.38. The molecule has 0 saturated carbocycles. The molecule has 1 rings (SSSR count). The lowest BCUT2D eigenvalue weighted by Gasteiger charge is -2.16. The van der Waals surface area contributed by atoms with E-state index >= 15 is 0 Å². The van der Waals surface area contributed by atoms with Crippen LogP contribution in [0.3, 0.4) is 0 Å². The summed E-state index contributed by atoms with van der Waals surface area (Å²) in [6, 6.07) is 2.07. The van der Waals surface area contributed by atoms with Gasteiger partial charge in [-0.25, -0.2) is 0 Å². The van der Waals surface area contributed by atoms with Crippen LogP contribution in [-0.4, -0.2) is 24.0 Å². The van der Waals surface area contributed by atoms with Gasteiger partial charge in [-0.15, -0.1) is 0 Å². The average Bonchev–Trinajstić information content (AvgIpc) is 2.37. The van der Waals surface area contributed by atoms with E-state index in [9.17, 15) is 4.79 Å². The van der Waals surface area contributed by atoms with Gasteiger partial charge in [-0.2, -0.15) is 0 Å². The largest absolute Gasteiger partial charge is 0.387 e. The predicted molar refractivity (Wildman–Crippen MR) is 84.1 cm³/mol. The van der Waals surface area contributed by atoms with Crippen LogP contribution in [0.25, 0.3) is 0 Å². The molecule has 1 aromatic heterocycles. The zero-order chi connectivity index (χ0) is 15.1. The second-order valence-corrected chi connectivity index (χ2v) is 5.82. The Morgan fingerprint density at radius 3 is 2.60 bits per heavy atom. The molecule has 1 aromatic rings. The first-order chi connectivity index (χ1) is 9.43. The molecule has 0 fully saturated rings. The molecule has 4 heteroatoms. The fraction of sp³-hybridized carbons (Fsp3) is 0.625. The number of anilines is 1. The molecule has 1 unspecified atom stereocenters. The minimum Gasteiger partial charge on any atom is -0.387 e. The van der Waals surface area contributed by atoms with E-state index in [-0.39, 0.29) is 11.9 Å². The summed E-state index contributed by atoms with van der Waals surface area (Å²) < 4.78 is 0. The van der Waals surface area contributed by atoms with Gasteiger partial charge in [0.15, 0.2) is 0 Å². The monoisotopic (exact) mass is 277 g/mol. The van der Waals surface area contributed by atoms with E-state index in [1.54, 1.807) is 6.20 Å². The number of rotatable bonds is 7. The average molecular weight is 277 g/mol. The lowest BCUT2D eigenvalue weighted by molar-refractivity contribution is 0.0938. The molecule has 0 aliphatic rings. The number of nitrogens with zero attached hydrogens (tertiary/aromatic N) is 1. The summed E-state index contributed by atoms with van der Waals surface area (Å²) in [4.78, 5) is 16.5. The molecule has 0 radical (unpaired) electrons. The van der Waals surface area contributed by atoms with Gasteiger partial charge in [-0.3, -0.25) is 9.78 Å². The first kappa shape index (κ1) is 16.5. The van der Waals surface area contributed by atoms with E-state index in [1.165, 1.54) is 6.42 Å². The topological polar surface area (TPSA) is 54.0 Å². The Kier molecular flexibility index (Phi) is 6.49. The molecule has 0 aromatic carbocycles. The third kappa shape index (κ3) is 5.19. The van der Waals surface area contributed by atoms with Crippen molar-refractivity contribution in [3.05, 3.63) is 23.5 Å². The second kappa shape index (κ2) is 7.88. The van der Waals surface area contributed by atoms with Gasteiger partial charge in [0.1, 0.15) is 0 Å². The molecule has 1 atom stereocenters. The molecule has 0 spiro atoms. The Morgan fingerprint density at radius 2 is 2.00 bits per heavy atom. The minimum atomic E-state index is -0.0566. The molecule has 1 heterocycles. The van der Waals surface area contributed by atoms with Crippen molar-refractivity contribution in [1.29, 1.82) is 0 Å². The molecule has 0 aliphatic heterocycles. The fourth-order valence-electron chi connectivity index (χ4n) is 2.15. The van der Waals surface area contributed by atoms with Crippen LogP contribution in [0, 0.1) is 12.8 Å². The molecule has 1 amide bonds. The van der Waals surface area contributed by atoms with Gasteiger partial charge < -0.3 is 10.6 Å². The first-order valence-electron chi connectivity index (χ1n) is 7.39. The number of nitrogens with one attached hydrogen (secondary N) is 2. The number of aryl methyl sites for hydroxylation is 1. The maximum absolute atomic E-state index is 12.3. The fourth-order valence-corrected chi connectivity index (χ4v) is 2.15. The standard InChI is InChI=1S/C16H27N3O/c1-11(2)7-6-8-12(3)19-16(20)14-10-18-13(4)9-15(14)17-5/h9-12H,6-8H2,1-5H3,(H,17,18)(H,19,20). The van der Waals surface area contributed by atoms with Crippen LogP contribution < -0.4 is 10.6 Å². The van der Waals surface area contributed by atoms with Gasteiger partial charge in [-0.1, -0.05) is 26.7 Å². The van der Waals surface area contributed by atoms with Crippen LogP contribution in [-0.2, 0) is 0 Å². The van der Waals surface area contributed by atoms with Crippen molar-refractivity contribution in [3.63, 3.8) is 0 Å². The van der Waals surface area contributed by atoms with Crippen LogP contribution in [0.4, 0.5) is 5.69 Å². The van der Waals surface area contributed by atoms with Gasteiger partial charge in [0, 0.05) is 25.0 Å². The second-order valence-electron chi connectivity index (χ2n) is 5.82. The van der Waals surface area contributed by atoms with E-state index in [0.29, 0.717) is 5.56 Å². The van der Waals surface area contributed by atoms with Crippen LogP contribution in [0.15, 0.2) is 12.3 Å². The van der Waals surface area contributed by atoms with Crippen molar-refractivity contribution in [2.75, 3.05) is 12.4 Å². The number of pyridine rings is 1. The Morgan fingerprint density at radius 1 is 1.30 bits per heavy atom. The van der Waals surface area contributed by atoms with Crippen molar-refractivity contribution < 1.29 is 4.79 Å². The zero-order valence-corrected chi connectivity index (χ0v) is 13.3. The van der Waals surface area contributed by atoms with E-state index in [4.69, 9.17) is 0 Å². The number of aromatic nitrogens is 1. The third-order valence-electron chi connectivity index (χ3n) is 3.35. The van der Waals surface area contributed by atoms with E-state index in [0.717, 1.165) is 30.1 Å². The maximum atomic E-state index is 12.3.